The highest BCUT2D eigenvalue weighted by atomic mass is 16.5. The van der Waals surface area contributed by atoms with Crippen molar-refractivity contribution in [2.45, 2.75) is 245 Å². The molecule has 72 heavy (non-hydrogen) atoms. The first-order chi connectivity index (χ1) is 34.4. The van der Waals surface area contributed by atoms with Gasteiger partial charge in [0, 0.05) is 51.0 Å². The Bertz CT molecular complexity index is 1600. The van der Waals surface area contributed by atoms with Crippen LogP contribution in [0.2, 0.25) is 0 Å². The molecule has 0 unspecified atom stereocenters. The summed E-state index contributed by atoms with van der Waals surface area (Å²) in [6.07, 6.45) is 38.8. The van der Waals surface area contributed by atoms with Crippen molar-refractivity contribution in [3.8, 4) is 5.75 Å². The van der Waals surface area contributed by atoms with E-state index in [0.717, 1.165) is 85.0 Å². The van der Waals surface area contributed by atoms with Gasteiger partial charge in [-0.2, -0.15) is 0 Å². The van der Waals surface area contributed by atoms with Gasteiger partial charge in [-0.3, -0.25) is 4.99 Å². The summed E-state index contributed by atoms with van der Waals surface area (Å²) >= 11 is 0. The van der Waals surface area contributed by atoms with Gasteiger partial charge >= 0.3 is 0 Å². The van der Waals surface area contributed by atoms with Crippen LogP contribution in [0.1, 0.15) is 236 Å². The number of ether oxygens (including phenoxy) is 2. The minimum absolute atomic E-state index is 0.778. The molecule has 2 aromatic carbocycles. The summed E-state index contributed by atoms with van der Waals surface area (Å²) in [5.74, 6) is 8.92. The van der Waals surface area contributed by atoms with Crippen molar-refractivity contribution in [3.63, 3.8) is 0 Å². The Hall–Kier alpha value is -3.11. The van der Waals surface area contributed by atoms with E-state index in [1.54, 1.807) is 14.2 Å². The molecule has 1 aliphatic heterocycles. The minimum atomic E-state index is 0.778. The number of rotatable bonds is 21. The Morgan fingerprint density at radius 2 is 0.958 bits per heavy atom. The second kappa shape index (κ2) is 46.4. The molecular weight excluding hydrogens is 877 g/mol. The van der Waals surface area contributed by atoms with Crippen LogP contribution in [-0.2, 0) is 24.1 Å². The molecule has 4 nitrogen and oxygen atoms in total. The predicted octanol–water partition coefficient (Wildman–Crippen LogP) is 21.2. The van der Waals surface area contributed by atoms with Crippen molar-refractivity contribution in [3.05, 3.63) is 102 Å². The van der Waals surface area contributed by atoms with Gasteiger partial charge in [0.05, 0.1) is 7.11 Å². The van der Waals surface area contributed by atoms with Crippen molar-refractivity contribution >= 4 is 6.21 Å². The van der Waals surface area contributed by atoms with E-state index in [9.17, 15) is 0 Å². The van der Waals surface area contributed by atoms with Crippen LogP contribution in [0.5, 0.6) is 5.75 Å². The Morgan fingerprint density at radius 1 is 0.486 bits per heavy atom. The standard InChI is InChI=1S/C12H18O.C11H22.C11H16.C10H20.2C9H15N.C6H14O/c1-10(2)4-5-11-6-8-12(13-3)9-7-11;2*1-10(2)8-9-11-6-4-3-5-7-11;1-9(2)8-10-6-4-3-5-7-10;1-8(2)5-6-9-4-3-7-10-9;1-9(2)5-8-10-6-3-4-7-10;1-6(2)4-5-7-3/h6-10H,4-5H2,1-3H3;10-11H,3-9H2,1-2H3;3-7,10H,8-9H2,1-2H3;9-10H,3-8H2,1-2H3;4,7-8H,3,5-6H2,1-2H3;3-4,6-7,9H,5,8H2,1-2H3;6H,4-5H2,1-3H3. The molecule has 0 atom stereocenters. The van der Waals surface area contributed by atoms with E-state index >= 15 is 0 Å². The maximum absolute atomic E-state index is 5.09. The van der Waals surface area contributed by atoms with E-state index in [2.05, 4.69) is 180 Å². The summed E-state index contributed by atoms with van der Waals surface area (Å²) in [5.41, 5.74) is 4.14. The third kappa shape index (κ3) is 45.5. The molecule has 0 bridgehead atoms. The van der Waals surface area contributed by atoms with Crippen molar-refractivity contribution in [1.82, 2.24) is 4.57 Å². The van der Waals surface area contributed by atoms with E-state index in [-0.39, 0.29) is 0 Å². The molecule has 3 aliphatic rings. The third-order valence-electron chi connectivity index (χ3n) is 13.7. The molecule has 2 fully saturated rings. The van der Waals surface area contributed by atoms with Gasteiger partial charge < -0.3 is 14.0 Å². The van der Waals surface area contributed by atoms with Crippen molar-refractivity contribution in [1.29, 1.82) is 0 Å². The fourth-order valence-corrected chi connectivity index (χ4v) is 8.78. The molecule has 414 valence electrons. The van der Waals surface area contributed by atoms with Crippen LogP contribution in [0.15, 0.2) is 95.9 Å². The molecule has 4 heteroatoms. The van der Waals surface area contributed by atoms with Crippen LogP contribution >= 0.6 is 0 Å². The van der Waals surface area contributed by atoms with E-state index in [1.165, 1.54) is 145 Å². The lowest BCUT2D eigenvalue weighted by Gasteiger charge is -2.22. The van der Waals surface area contributed by atoms with Crippen molar-refractivity contribution < 1.29 is 9.47 Å². The first-order valence-electron chi connectivity index (χ1n) is 29.9. The lowest BCUT2D eigenvalue weighted by Crippen LogP contribution is -2.08. The minimum Gasteiger partial charge on any atom is -0.497 e. The summed E-state index contributed by atoms with van der Waals surface area (Å²) in [5, 5.41) is 0. The number of hydrogen-bond donors (Lipinski definition) is 0. The SMILES string of the molecule is CC(C)CC1CCCCC1.CC(C)CCC1=CCC=N1.CC(C)CCC1CCCCC1.CC(C)CCc1ccccc1.CC(C)CCn1cccc1.COCCC(C)C.COc1ccc(CCC(C)C)cc1. The average Bonchev–Trinajstić information content (AvgIpc) is 4.10. The highest BCUT2D eigenvalue weighted by Crippen LogP contribution is 2.29. The lowest BCUT2D eigenvalue weighted by atomic mass is 9.84. The molecule has 6 rings (SSSR count). The molecule has 0 saturated heterocycles. The normalized spacial score (nSPS) is 14.5. The number of aromatic nitrogens is 1. The molecule has 0 N–H and O–H groups in total. The highest BCUT2D eigenvalue weighted by molar-refractivity contribution is 5.64. The smallest absolute Gasteiger partial charge is 0.118 e. The Balaban J connectivity index is 0.000000822. The fourth-order valence-electron chi connectivity index (χ4n) is 8.78. The van der Waals surface area contributed by atoms with Gasteiger partial charge in [-0.1, -0.05) is 223 Å². The van der Waals surface area contributed by atoms with Crippen LogP contribution in [0.3, 0.4) is 0 Å². The van der Waals surface area contributed by atoms with Crippen LogP contribution in [0.25, 0.3) is 0 Å². The molecular formula is C68H120N2O2. The molecule has 1 aromatic heterocycles. The summed E-state index contributed by atoms with van der Waals surface area (Å²) < 4.78 is 12.2. The first kappa shape index (κ1) is 68.9. The second-order valence-electron chi connectivity index (χ2n) is 24.3. The quantitative estimate of drug-likeness (QED) is 0.107. The lowest BCUT2D eigenvalue weighted by molar-refractivity contribution is 0.183. The molecule has 0 spiro atoms. The summed E-state index contributed by atoms with van der Waals surface area (Å²) in [4.78, 5) is 4.24. The van der Waals surface area contributed by atoms with Crippen LogP contribution < -0.4 is 4.74 Å². The van der Waals surface area contributed by atoms with Gasteiger partial charge in [0.15, 0.2) is 0 Å². The van der Waals surface area contributed by atoms with E-state index < -0.39 is 0 Å². The maximum atomic E-state index is 5.09. The topological polar surface area (TPSA) is 35.8 Å². The van der Waals surface area contributed by atoms with Crippen LogP contribution in [-0.4, -0.2) is 31.6 Å². The van der Waals surface area contributed by atoms with Crippen LogP contribution in [0, 0.1) is 53.3 Å². The highest BCUT2D eigenvalue weighted by Gasteiger charge is 2.14. The van der Waals surface area contributed by atoms with Gasteiger partial charge in [-0.05, 0) is 146 Å². The Morgan fingerprint density at radius 3 is 1.38 bits per heavy atom. The zero-order valence-corrected chi connectivity index (χ0v) is 50.5. The molecule has 2 heterocycles. The Labute approximate surface area is 449 Å². The molecule has 0 radical (unpaired) electrons. The summed E-state index contributed by atoms with van der Waals surface area (Å²) in [7, 11) is 3.44. The number of aryl methyl sites for hydroxylation is 3. The zero-order chi connectivity index (χ0) is 53.8. The number of methoxy groups -OCH3 is 2. The van der Waals surface area contributed by atoms with E-state index in [0.29, 0.717) is 0 Å². The Kier molecular flexibility index (Phi) is 44.4. The summed E-state index contributed by atoms with van der Waals surface area (Å²) in [6.45, 7) is 33.8. The first-order valence-corrected chi connectivity index (χ1v) is 29.9. The van der Waals surface area contributed by atoms with Gasteiger partial charge in [0.1, 0.15) is 5.75 Å². The number of benzene rings is 2. The third-order valence-corrected chi connectivity index (χ3v) is 13.7. The van der Waals surface area contributed by atoms with Gasteiger partial charge in [0.2, 0.25) is 0 Å². The predicted molar refractivity (Wildman–Crippen MR) is 323 cm³/mol. The monoisotopic (exact) mass is 997 g/mol. The van der Waals surface area contributed by atoms with Gasteiger partial charge in [0.25, 0.3) is 0 Å². The second-order valence-corrected chi connectivity index (χ2v) is 24.3. The van der Waals surface area contributed by atoms with Gasteiger partial charge in [-0.15, -0.1) is 0 Å². The van der Waals surface area contributed by atoms with E-state index in [1.807, 2.05) is 18.3 Å². The maximum Gasteiger partial charge on any atom is 0.118 e. The zero-order valence-electron chi connectivity index (χ0n) is 50.5. The largest absolute Gasteiger partial charge is 0.497 e. The fraction of sp³-hybridized carbons (Fsp3) is 0.721. The van der Waals surface area contributed by atoms with Crippen molar-refractivity contribution in [2.75, 3.05) is 20.8 Å². The van der Waals surface area contributed by atoms with E-state index in [4.69, 9.17) is 9.47 Å². The van der Waals surface area contributed by atoms with Gasteiger partial charge in [-0.25, -0.2) is 0 Å². The van der Waals surface area contributed by atoms with Crippen molar-refractivity contribution in [2.24, 2.45) is 58.3 Å². The molecule has 2 aliphatic carbocycles. The average molecular weight is 998 g/mol. The molecule has 0 amide bonds. The number of aliphatic imine (C=N–C) groups is 1. The summed E-state index contributed by atoms with van der Waals surface area (Å²) in [6, 6.07) is 23.1. The number of hydrogen-bond acceptors (Lipinski definition) is 3. The number of nitrogens with zero attached hydrogens (tertiary/aromatic N) is 2. The van der Waals surface area contributed by atoms with Crippen LogP contribution in [0.4, 0.5) is 0 Å². The molecule has 2 saturated carbocycles. The number of allylic oxidation sites excluding steroid dienone is 2. The molecule has 3 aromatic rings.